The second-order valence-corrected chi connectivity index (χ2v) is 5.65. The third kappa shape index (κ3) is 2.54. The number of hydrogen-bond donors (Lipinski definition) is 1. The molecule has 3 rings (SSSR count). The lowest BCUT2D eigenvalue weighted by Crippen LogP contribution is -2.24. The molecule has 0 bridgehead atoms. The molecule has 2 aromatic rings. The first-order chi connectivity index (χ1) is 10.1. The number of fused-ring (bicyclic) bond motifs is 1. The van der Waals surface area contributed by atoms with Crippen molar-refractivity contribution in [3.8, 4) is 0 Å². The van der Waals surface area contributed by atoms with E-state index < -0.39 is 11.6 Å². The number of likely N-dealkylation sites (N-methyl/N-ethyl adjacent to an activating group) is 1. The molecule has 1 heterocycles. The van der Waals surface area contributed by atoms with Crippen LogP contribution < -0.4 is 5.32 Å². The molecule has 0 fully saturated rings. The van der Waals surface area contributed by atoms with Gasteiger partial charge in [0.1, 0.15) is 11.6 Å². The van der Waals surface area contributed by atoms with E-state index in [0.29, 0.717) is 5.56 Å². The molecule has 0 aliphatic heterocycles. The van der Waals surface area contributed by atoms with Gasteiger partial charge in [-0.3, -0.25) is 4.98 Å². The Bertz CT molecular complexity index is 675. The highest BCUT2D eigenvalue weighted by atomic mass is 35.5. The number of hydrogen-bond acceptors (Lipinski definition) is 2. The predicted octanol–water partition coefficient (Wildman–Crippen LogP) is 4.00. The van der Waals surface area contributed by atoms with Crippen LogP contribution in [0.25, 0.3) is 0 Å². The number of aryl methyl sites for hydroxylation is 1. The Morgan fingerprint density at radius 1 is 1.33 bits per heavy atom. The van der Waals surface area contributed by atoms with Gasteiger partial charge in [0.25, 0.3) is 0 Å². The van der Waals surface area contributed by atoms with Crippen LogP contribution in [0.1, 0.15) is 35.2 Å². The smallest absolute Gasteiger partial charge is 0.142 e. The fourth-order valence-electron chi connectivity index (χ4n) is 3.12. The molecule has 1 N–H and O–H groups in total. The van der Waals surface area contributed by atoms with Crippen LogP contribution in [-0.2, 0) is 6.42 Å². The van der Waals surface area contributed by atoms with E-state index in [1.165, 1.54) is 11.6 Å². The van der Waals surface area contributed by atoms with Crippen molar-refractivity contribution < 1.29 is 8.78 Å². The first kappa shape index (κ1) is 14.4. The summed E-state index contributed by atoms with van der Waals surface area (Å²) in [5, 5.41) is 2.90. The number of nitrogens with zero attached hydrogens (tertiary/aromatic N) is 1. The van der Waals surface area contributed by atoms with Crippen LogP contribution in [0.5, 0.6) is 0 Å². The summed E-state index contributed by atoms with van der Waals surface area (Å²) >= 11 is 5.63. The SMILES string of the molecule is CNC(c1cc(F)c(Cl)cc1F)C1CCc2cccnc21. The minimum absolute atomic E-state index is 0.0290. The first-order valence-electron chi connectivity index (χ1n) is 6.87. The molecular formula is C16H15ClF2N2. The van der Waals surface area contributed by atoms with E-state index in [-0.39, 0.29) is 17.0 Å². The van der Waals surface area contributed by atoms with Gasteiger partial charge in [-0.1, -0.05) is 17.7 Å². The number of pyridine rings is 1. The second kappa shape index (κ2) is 5.70. The monoisotopic (exact) mass is 308 g/mol. The summed E-state index contributed by atoms with van der Waals surface area (Å²) in [5.41, 5.74) is 2.44. The molecule has 0 saturated carbocycles. The van der Waals surface area contributed by atoms with Gasteiger partial charge in [-0.15, -0.1) is 0 Å². The van der Waals surface area contributed by atoms with E-state index in [2.05, 4.69) is 10.3 Å². The largest absolute Gasteiger partial charge is 0.312 e. The lowest BCUT2D eigenvalue weighted by atomic mass is 9.90. The van der Waals surface area contributed by atoms with Crippen LogP contribution in [0.3, 0.4) is 0 Å². The van der Waals surface area contributed by atoms with Crippen LogP contribution in [0, 0.1) is 11.6 Å². The van der Waals surface area contributed by atoms with Crippen molar-refractivity contribution >= 4 is 11.6 Å². The van der Waals surface area contributed by atoms with Crippen LogP contribution in [0.15, 0.2) is 30.5 Å². The molecule has 21 heavy (non-hydrogen) atoms. The summed E-state index contributed by atoms with van der Waals surface area (Å²) in [6.45, 7) is 0. The fraction of sp³-hybridized carbons (Fsp3) is 0.312. The lowest BCUT2D eigenvalue weighted by Gasteiger charge is -2.24. The zero-order valence-corrected chi connectivity index (χ0v) is 12.3. The van der Waals surface area contributed by atoms with Gasteiger partial charge in [-0.25, -0.2) is 8.78 Å². The molecule has 0 spiro atoms. The summed E-state index contributed by atoms with van der Waals surface area (Å²) in [7, 11) is 1.75. The number of rotatable bonds is 3. The maximum atomic E-state index is 14.2. The molecule has 1 aromatic carbocycles. The lowest BCUT2D eigenvalue weighted by molar-refractivity contribution is 0.445. The Kier molecular flexibility index (Phi) is 3.91. The van der Waals surface area contributed by atoms with Gasteiger partial charge in [0.2, 0.25) is 0 Å². The molecule has 5 heteroatoms. The highest BCUT2D eigenvalue weighted by Crippen LogP contribution is 2.41. The van der Waals surface area contributed by atoms with Gasteiger partial charge in [0.05, 0.1) is 5.02 Å². The van der Waals surface area contributed by atoms with E-state index >= 15 is 0 Å². The zero-order valence-electron chi connectivity index (χ0n) is 11.5. The summed E-state index contributed by atoms with van der Waals surface area (Å²) in [6.07, 6.45) is 3.51. The molecule has 1 aliphatic rings. The van der Waals surface area contributed by atoms with Crippen molar-refractivity contribution in [1.29, 1.82) is 0 Å². The van der Waals surface area contributed by atoms with Gasteiger partial charge in [-0.05, 0) is 43.7 Å². The first-order valence-corrected chi connectivity index (χ1v) is 7.25. The van der Waals surface area contributed by atoms with E-state index in [4.69, 9.17) is 11.6 Å². The van der Waals surface area contributed by atoms with E-state index in [1.54, 1.807) is 13.2 Å². The Morgan fingerprint density at radius 3 is 2.90 bits per heavy atom. The third-order valence-electron chi connectivity index (χ3n) is 4.09. The number of halogens is 3. The van der Waals surface area contributed by atoms with Gasteiger partial charge in [0.15, 0.2) is 0 Å². The van der Waals surface area contributed by atoms with Gasteiger partial charge in [-0.2, -0.15) is 0 Å². The standard InChI is InChI=1S/C16H15ClF2N2/c1-20-16(11-7-14(19)12(17)8-13(11)18)10-5-4-9-3-2-6-21-15(9)10/h2-3,6-8,10,16,20H,4-5H2,1H3. The Hall–Kier alpha value is -1.52. The summed E-state index contributed by atoms with van der Waals surface area (Å²) in [6, 6.07) is 5.82. The maximum absolute atomic E-state index is 14.2. The number of benzene rings is 1. The van der Waals surface area contributed by atoms with Crippen molar-refractivity contribution in [3.05, 3.63) is 63.9 Å². The summed E-state index contributed by atoms with van der Waals surface area (Å²) in [5.74, 6) is -1.07. The summed E-state index contributed by atoms with van der Waals surface area (Å²) < 4.78 is 27.9. The summed E-state index contributed by atoms with van der Waals surface area (Å²) in [4.78, 5) is 4.42. The van der Waals surface area contributed by atoms with Crippen molar-refractivity contribution in [2.24, 2.45) is 0 Å². The van der Waals surface area contributed by atoms with Crippen LogP contribution in [0.4, 0.5) is 8.78 Å². The molecule has 0 amide bonds. The topological polar surface area (TPSA) is 24.9 Å². The van der Waals surface area contributed by atoms with Crippen molar-refractivity contribution in [3.63, 3.8) is 0 Å². The average Bonchev–Trinajstić information content (AvgIpc) is 2.89. The van der Waals surface area contributed by atoms with Crippen molar-refractivity contribution in [2.45, 2.75) is 24.8 Å². The average molecular weight is 309 g/mol. The molecular weight excluding hydrogens is 294 g/mol. The van der Waals surface area contributed by atoms with Crippen molar-refractivity contribution in [1.82, 2.24) is 10.3 Å². The zero-order chi connectivity index (χ0) is 15.0. The minimum Gasteiger partial charge on any atom is -0.312 e. The van der Waals surface area contributed by atoms with Gasteiger partial charge in [0, 0.05) is 29.4 Å². The van der Waals surface area contributed by atoms with E-state index in [1.807, 2.05) is 12.1 Å². The minimum atomic E-state index is -0.604. The highest BCUT2D eigenvalue weighted by Gasteiger charge is 2.32. The molecule has 2 atom stereocenters. The molecule has 2 unspecified atom stereocenters. The number of nitrogens with one attached hydrogen (secondary N) is 1. The van der Waals surface area contributed by atoms with Crippen molar-refractivity contribution in [2.75, 3.05) is 7.05 Å². The van der Waals surface area contributed by atoms with E-state index in [9.17, 15) is 8.78 Å². The quantitative estimate of drug-likeness (QED) is 0.867. The third-order valence-corrected chi connectivity index (χ3v) is 4.38. The fourth-order valence-corrected chi connectivity index (χ4v) is 3.27. The van der Waals surface area contributed by atoms with Gasteiger partial charge >= 0.3 is 0 Å². The molecule has 1 aromatic heterocycles. The molecule has 2 nitrogen and oxygen atoms in total. The van der Waals surface area contributed by atoms with Crippen LogP contribution >= 0.6 is 11.6 Å². The molecule has 110 valence electrons. The molecule has 1 aliphatic carbocycles. The Morgan fingerprint density at radius 2 is 2.14 bits per heavy atom. The normalized spacial score (nSPS) is 18.6. The van der Waals surface area contributed by atoms with E-state index in [0.717, 1.165) is 24.6 Å². The molecule has 0 radical (unpaired) electrons. The predicted molar refractivity (Wildman–Crippen MR) is 78.5 cm³/mol. The highest BCUT2D eigenvalue weighted by molar-refractivity contribution is 6.30. The Labute approximate surface area is 127 Å². The maximum Gasteiger partial charge on any atom is 0.142 e. The Balaban J connectivity index is 2.03. The van der Waals surface area contributed by atoms with Crippen LogP contribution in [0.2, 0.25) is 5.02 Å². The molecule has 0 saturated heterocycles. The van der Waals surface area contributed by atoms with Gasteiger partial charge < -0.3 is 5.32 Å². The number of aromatic nitrogens is 1. The van der Waals surface area contributed by atoms with Crippen LogP contribution in [-0.4, -0.2) is 12.0 Å². The second-order valence-electron chi connectivity index (χ2n) is 5.25.